The van der Waals surface area contributed by atoms with Crippen LogP contribution < -0.4 is 14.2 Å². The topological polar surface area (TPSA) is 79.3 Å². The lowest BCUT2D eigenvalue weighted by Crippen LogP contribution is -2.06. The average molecular weight is 469 g/mol. The second kappa shape index (κ2) is 10.1. The Morgan fingerprint density at radius 2 is 1.79 bits per heavy atom. The van der Waals surface area contributed by atoms with E-state index in [1.165, 1.54) is 38.9 Å². The van der Waals surface area contributed by atoms with Crippen molar-refractivity contribution in [3.63, 3.8) is 0 Å². The maximum atomic E-state index is 14.6. The van der Waals surface area contributed by atoms with Crippen molar-refractivity contribution in [3.8, 4) is 28.9 Å². The first-order chi connectivity index (χ1) is 16.5. The maximum absolute atomic E-state index is 14.6. The summed E-state index contributed by atoms with van der Waals surface area (Å²) in [6, 6.07) is 2.53. The molecule has 2 heterocycles. The Hall–Kier alpha value is -3.62. The number of ether oxygens (including phenoxy) is 3. The van der Waals surface area contributed by atoms with Crippen LogP contribution in [0.2, 0.25) is 0 Å². The van der Waals surface area contributed by atoms with Crippen LogP contribution in [0.4, 0.5) is 8.78 Å². The lowest BCUT2D eigenvalue weighted by molar-refractivity contribution is 0.270. The number of hydrogen-bond donors (Lipinski definition) is 0. The number of hydrogen-bond acceptors (Lipinski definition) is 7. The zero-order valence-corrected chi connectivity index (χ0v) is 19.6. The third-order valence-electron chi connectivity index (χ3n) is 5.55. The van der Waals surface area contributed by atoms with Gasteiger partial charge in [-0.05, 0) is 49.5 Å². The molecule has 1 aliphatic carbocycles. The van der Waals surface area contributed by atoms with Gasteiger partial charge in [0.05, 0.1) is 26.1 Å². The van der Waals surface area contributed by atoms with Crippen LogP contribution in [0, 0.1) is 11.6 Å². The lowest BCUT2D eigenvalue weighted by atomic mass is 10.0. The number of halogens is 2. The van der Waals surface area contributed by atoms with Crippen molar-refractivity contribution >= 4 is 5.57 Å². The summed E-state index contributed by atoms with van der Waals surface area (Å²) < 4.78 is 45.8. The van der Waals surface area contributed by atoms with Gasteiger partial charge in [0.15, 0.2) is 11.6 Å². The van der Waals surface area contributed by atoms with Gasteiger partial charge in [-0.15, -0.1) is 0 Å². The highest BCUT2D eigenvalue weighted by Gasteiger charge is 2.31. The lowest BCUT2D eigenvalue weighted by Gasteiger charge is -2.14. The predicted molar refractivity (Wildman–Crippen MR) is 123 cm³/mol. The molecule has 4 rings (SSSR count). The summed E-state index contributed by atoms with van der Waals surface area (Å²) in [5.74, 6) is 0.120. The molecule has 0 bridgehead atoms. The molecular formula is C25H26F2N4O3. The quantitative estimate of drug-likeness (QED) is 0.410. The van der Waals surface area contributed by atoms with Gasteiger partial charge in [0, 0.05) is 11.5 Å². The smallest absolute Gasteiger partial charge is 0.261 e. The zero-order valence-electron chi connectivity index (χ0n) is 19.6. The van der Waals surface area contributed by atoms with Crippen molar-refractivity contribution in [2.45, 2.75) is 45.6 Å². The van der Waals surface area contributed by atoms with Gasteiger partial charge in [-0.25, -0.2) is 23.7 Å². The second-order valence-electron chi connectivity index (χ2n) is 8.00. The Morgan fingerprint density at radius 3 is 2.41 bits per heavy atom. The number of methoxy groups -OCH3 is 2. The Bertz CT molecular complexity index is 1210. The zero-order chi connectivity index (χ0) is 24.2. The monoisotopic (exact) mass is 468 g/mol. The van der Waals surface area contributed by atoms with Gasteiger partial charge in [0.2, 0.25) is 5.88 Å². The van der Waals surface area contributed by atoms with Gasteiger partial charge in [-0.1, -0.05) is 13.0 Å². The van der Waals surface area contributed by atoms with E-state index in [2.05, 4.69) is 19.9 Å². The standard InChI is InChI=1S/C25H26F2N4O3/c1-5-6-14(2)20-17(26)9-15(10-18(20)27)12-34-24-19(32-3)11-28-23(31-24)21-22(16-7-8-16)29-13-30-25(21)33-4/h6,9-11,13,16H,5,7-8,12H2,1-4H3/b14-6-. The molecule has 0 radical (unpaired) electrons. The Kier molecular flexibility index (Phi) is 7.00. The van der Waals surface area contributed by atoms with E-state index in [0.717, 1.165) is 18.5 Å². The molecular weight excluding hydrogens is 442 g/mol. The summed E-state index contributed by atoms with van der Waals surface area (Å²) >= 11 is 0. The fourth-order valence-corrected chi connectivity index (χ4v) is 3.78. The maximum Gasteiger partial charge on any atom is 0.261 e. The molecule has 0 aliphatic heterocycles. The molecule has 0 saturated heterocycles. The molecule has 0 N–H and O–H groups in total. The van der Waals surface area contributed by atoms with Crippen LogP contribution in [-0.4, -0.2) is 34.2 Å². The van der Waals surface area contributed by atoms with Crippen LogP contribution >= 0.6 is 0 Å². The van der Waals surface area contributed by atoms with E-state index in [1.807, 2.05) is 6.92 Å². The molecule has 0 spiro atoms. The van der Waals surface area contributed by atoms with Crippen molar-refractivity contribution in [2.24, 2.45) is 0 Å². The van der Waals surface area contributed by atoms with Gasteiger partial charge in [0.1, 0.15) is 30.1 Å². The van der Waals surface area contributed by atoms with E-state index in [4.69, 9.17) is 14.2 Å². The molecule has 0 atom stereocenters. The van der Waals surface area contributed by atoms with Crippen molar-refractivity contribution in [1.82, 2.24) is 19.9 Å². The van der Waals surface area contributed by atoms with Gasteiger partial charge in [-0.2, -0.15) is 4.98 Å². The first-order valence-corrected chi connectivity index (χ1v) is 11.0. The van der Waals surface area contributed by atoms with Crippen LogP contribution in [0.5, 0.6) is 17.5 Å². The van der Waals surface area contributed by atoms with Gasteiger partial charge < -0.3 is 14.2 Å². The van der Waals surface area contributed by atoms with Gasteiger partial charge in [-0.3, -0.25) is 0 Å². The van der Waals surface area contributed by atoms with Crippen molar-refractivity contribution in [3.05, 3.63) is 59.2 Å². The second-order valence-corrected chi connectivity index (χ2v) is 8.00. The minimum Gasteiger partial charge on any atom is -0.490 e. The molecule has 34 heavy (non-hydrogen) atoms. The largest absolute Gasteiger partial charge is 0.490 e. The first-order valence-electron chi connectivity index (χ1n) is 11.0. The summed E-state index contributed by atoms with van der Waals surface area (Å²) in [5, 5.41) is 0. The molecule has 7 nitrogen and oxygen atoms in total. The number of allylic oxidation sites excluding steroid dienone is 2. The number of aromatic nitrogens is 4. The van der Waals surface area contributed by atoms with E-state index >= 15 is 0 Å². The third-order valence-corrected chi connectivity index (χ3v) is 5.55. The highest BCUT2D eigenvalue weighted by atomic mass is 19.1. The van der Waals surface area contributed by atoms with E-state index in [-0.39, 0.29) is 23.8 Å². The predicted octanol–water partition coefficient (Wildman–Crippen LogP) is 5.50. The number of benzene rings is 1. The molecule has 0 unspecified atom stereocenters. The van der Waals surface area contributed by atoms with Crippen LogP contribution in [-0.2, 0) is 6.61 Å². The Labute approximate surface area is 196 Å². The van der Waals surface area contributed by atoms with Crippen LogP contribution in [0.1, 0.15) is 55.8 Å². The fourth-order valence-electron chi connectivity index (χ4n) is 3.78. The number of nitrogens with zero attached hydrogens (tertiary/aromatic N) is 4. The van der Waals surface area contributed by atoms with Crippen molar-refractivity contribution in [2.75, 3.05) is 14.2 Å². The summed E-state index contributed by atoms with van der Waals surface area (Å²) in [7, 11) is 2.98. The Morgan fingerprint density at radius 1 is 1.06 bits per heavy atom. The van der Waals surface area contributed by atoms with Crippen molar-refractivity contribution in [1.29, 1.82) is 0 Å². The minimum atomic E-state index is -0.642. The van der Waals surface area contributed by atoms with Gasteiger partial charge in [0.25, 0.3) is 5.88 Å². The average Bonchev–Trinajstić information content (AvgIpc) is 3.67. The molecule has 1 fully saturated rings. The summed E-state index contributed by atoms with van der Waals surface area (Å²) in [6.45, 7) is 3.48. The van der Waals surface area contributed by atoms with Crippen molar-refractivity contribution < 1.29 is 23.0 Å². The molecule has 1 saturated carbocycles. The summed E-state index contributed by atoms with van der Waals surface area (Å²) in [5.41, 5.74) is 2.26. The van der Waals surface area contributed by atoms with Crippen LogP contribution in [0.25, 0.3) is 17.0 Å². The summed E-state index contributed by atoms with van der Waals surface area (Å²) in [4.78, 5) is 17.5. The highest BCUT2D eigenvalue weighted by Crippen LogP contribution is 2.45. The SMILES string of the molecule is CC/C=C(/C)c1c(F)cc(COc2nc(-c3c(OC)ncnc3C3CC3)ncc2OC)cc1F. The van der Waals surface area contributed by atoms with Crippen LogP contribution in [0.15, 0.2) is 30.7 Å². The normalized spacial score (nSPS) is 13.6. The fraction of sp³-hybridized carbons (Fsp3) is 0.360. The number of rotatable bonds is 9. The summed E-state index contributed by atoms with van der Waals surface area (Å²) in [6.07, 6.45) is 7.44. The van der Waals surface area contributed by atoms with Gasteiger partial charge >= 0.3 is 0 Å². The van der Waals surface area contributed by atoms with E-state index < -0.39 is 11.6 Å². The molecule has 0 amide bonds. The molecule has 1 aromatic carbocycles. The molecule has 178 valence electrons. The molecule has 2 aromatic heterocycles. The molecule has 9 heteroatoms. The molecule has 3 aromatic rings. The highest BCUT2D eigenvalue weighted by molar-refractivity contribution is 5.67. The minimum absolute atomic E-state index is 0.0312. The van der Waals surface area contributed by atoms with E-state index in [1.54, 1.807) is 13.0 Å². The third kappa shape index (κ3) is 4.83. The first kappa shape index (κ1) is 23.5. The molecule has 1 aliphatic rings. The van der Waals surface area contributed by atoms with E-state index in [0.29, 0.717) is 40.7 Å². The van der Waals surface area contributed by atoms with E-state index in [9.17, 15) is 8.78 Å². The van der Waals surface area contributed by atoms with Crippen LogP contribution in [0.3, 0.4) is 0 Å². The Balaban J connectivity index is 1.65.